The van der Waals surface area contributed by atoms with Crippen LogP contribution in [-0.4, -0.2) is 24.8 Å². The number of ether oxygens (including phenoxy) is 1. The number of hydrogen-bond acceptors (Lipinski definition) is 2. The Balaban J connectivity index is 1.91. The molecule has 1 heterocycles. The Hall–Kier alpha value is -0.0800. The van der Waals surface area contributed by atoms with Gasteiger partial charge in [-0.1, -0.05) is 40.5 Å². The van der Waals surface area contributed by atoms with Crippen LogP contribution in [0, 0.1) is 11.3 Å². The van der Waals surface area contributed by atoms with Gasteiger partial charge in [0.25, 0.3) is 0 Å². The van der Waals surface area contributed by atoms with E-state index in [1.54, 1.807) is 0 Å². The van der Waals surface area contributed by atoms with Gasteiger partial charge < -0.3 is 10.1 Å². The molecule has 2 heteroatoms. The van der Waals surface area contributed by atoms with E-state index in [0.29, 0.717) is 23.0 Å². The maximum Gasteiger partial charge on any atom is 0.0687 e. The van der Waals surface area contributed by atoms with Crippen molar-refractivity contribution >= 4 is 0 Å². The highest BCUT2D eigenvalue weighted by atomic mass is 16.5. The first-order valence-electron chi connectivity index (χ1n) is 8.38. The fraction of sp³-hybridized carbons (Fsp3) is 1.00. The monoisotopic (exact) mass is 267 g/mol. The Kier molecular flexibility index (Phi) is 4.94. The van der Waals surface area contributed by atoms with Gasteiger partial charge in [-0.05, 0) is 50.0 Å². The molecule has 1 spiro atoms. The summed E-state index contributed by atoms with van der Waals surface area (Å²) in [7, 11) is 0. The van der Waals surface area contributed by atoms with Crippen molar-refractivity contribution in [3.05, 3.63) is 0 Å². The highest BCUT2D eigenvalue weighted by molar-refractivity contribution is 4.95. The molecule has 2 unspecified atom stereocenters. The average molecular weight is 267 g/mol. The maximum absolute atomic E-state index is 6.51. The van der Waals surface area contributed by atoms with Gasteiger partial charge in [0.1, 0.15) is 0 Å². The molecule has 0 bridgehead atoms. The van der Waals surface area contributed by atoms with Gasteiger partial charge in [-0.25, -0.2) is 0 Å². The van der Waals surface area contributed by atoms with Gasteiger partial charge in [-0.15, -0.1) is 0 Å². The molecule has 0 radical (unpaired) electrons. The first-order chi connectivity index (χ1) is 9.00. The first kappa shape index (κ1) is 15.3. The lowest BCUT2D eigenvalue weighted by Gasteiger charge is -2.37. The molecule has 0 aromatic carbocycles. The van der Waals surface area contributed by atoms with Crippen molar-refractivity contribution in [3.8, 4) is 0 Å². The Labute approximate surface area is 119 Å². The largest absolute Gasteiger partial charge is 0.372 e. The molecule has 1 aliphatic heterocycles. The highest BCUT2D eigenvalue weighted by Crippen LogP contribution is 2.46. The molecule has 2 fully saturated rings. The van der Waals surface area contributed by atoms with E-state index in [-0.39, 0.29) is 0 Å². The molecule has 19 heavy (non-hydrogen) atoms. The van der Waals surface area contributed by atoms with Crippen molar-refractivity contribution in [3.63, 3.8) is 0 Å². The van der Waals surface area contributed by atoms with E-state index in [1.807, 2.05) is 0 Å². The van der Waals surface area contributed by atoms with Gasteiger partial charge in [0.2, 0.25) is 0 Å². The zero-order chi connectivity index (χ0) is 13.9. The van der Waals surface area contributed by atoms with Gasteiger partial charge in [0.15, 0.2) is 0 Å². The summed E-state index contributed by atoms with van der Waals surface area (Å²) in [4.78, 5) is 0. The first-order valence-corrected chi connectivity index (χ1v) is 8.38. The summed E-state index contributed by atoms with van der Waals surface area (Å²) in [6.07, 6.45) is 9.71. The van der Waals surface area contributed by atoms with Crippen LogP contribution in [0.5, 0.6) is 0 Å². The van der Waals surface area contributed by atoms with Crippen LogP contribution in [0.15, 0.2) is 0 Å². The third-order valence-corrected chi connectivity index (χ3v) is 5.72. The van der Waals surface area contributed by atoms with Gasteiger partial charge in [0.05, 0.1) is 11.7 Å². The summed E-state index contributed by atoms with van der Waals surface area (Å²) >= 11 is 0. The van der Waals surface area contributed by atoms with Crippen LogP contribution < -0.4 is 5.32 Å². The van der Waals surface area contributed by atoms with E-state index < -0.39 is 0 Å². The van der Waals surface area contributed by atoms with Crippen molar-refractivity contribution in [1.82, 2.24) is 5.32 Å². The van der Waals surface area contributed by atoms with Crippen molar-refractivity contribution in [2.24, 2.45) is 11.3 Å². The summed E-state index contributed by atoms with van der Waals surface area (Å²) in [5, 5.41) is 3.55. The van der Waals surface area contributed by atoms with Gasteiger partial charge in [0, 0.05) is 6.54 Å². The van der Waals surface area contributed by atoms with E-state index in [2.05, 4.69) is 33.0 Å². The SMILES string of the molecule is CCNCC(C)(CC1CCC2(CCCC2)O1)C(C)C. The molecule has 2 rings (SSSR count). The fourth-order valence-electron chi connectivity index (χ4n) is 3.87. The van der Waals surface area contributed by atoms with Gasteiger partial charge >= 0.3 is 0 Å². The number of nitrogens with one attached hydrogen (secondary N) is 1. The zero-order valence-corrected chi connectivity index (χ0v) is 13.4. The molecular formula is C17H33NO. The normalized spacial score (nSPS) is 29.2. The third-order valence-electron chi connectivity index (χ3n) is 5.72. The Morgan fingerprint density at radius 3 is 2.53 bits per heavy atom. The summed E-state index contributed by atoms with van der Waals surface area (Å²) in [5.74, 6) is 0.704. The van der Waals surface area contributed by atoms with Crippen LogP contribution in [0.25, 0.3) is 0 Å². The Bertz CT molecular complexity index is 283. The molecule has 2 aliphatic rings. The van der Waals surface area contributed by atoms with Crippen molar-refractivity contribution in [1.29, 1.82) is 0 Å². The van der Waals surface area contributed by atoms with E-state index in [1.165, 1.54) is 44.9 Å². The second kappa shape index (κ2) is 6.13. The molecule has 112 valence electrons. The van der Waals surface area contributed by atoms with Crippen LogP contribution in [0.1, 0.15) is 72.6 Å². The van der Waals surface area contributed by atoms with Crippen molar-refractivity contribution in [2.75, 3.05) is 13.1 Å². The minimum absolute atomic E-state index is 0.292. The molecule has 1 aliphatic carbocycles. The second-order valence-corrected chi connectivity index (χ2v) is 7.46. The van der Waals surface area contributed by atoms with Gasteiger partial charge in [-0.3, -0.25) is 0 Å². The molecule has 0 aromatic heterocycles. The Morgan fingerprint density at radius 1 is 1.26 bits per heavy atom. The summed E-state index contributed by atoms with van der Waals surface area (Å²) < 4.78 is 6.51. The van der Waals surface area contributed by atoms with Crippen LogP contribution in [0.3, 0.4) is 0 Å². The molecule has 1 N–H and O–H groups in total. The topological polar surface area (TPSA) is 21.3 Å². The lowest BCUT2D eigenvalue weighted by Crippen LogP contribution is -2.39. The van der Waals surface area contributed by atoms with E-state index in [4.69, 9.17) is 4.74 Å². The predicted molar refractivity (Wildman–Crippen MR) is 81.4 cm³/mol. The summed E-state index contributed by atoms with van der Waals surface area (Å²) in [6.45, 7) is 11.5. The minimum atomic E-state index is 0.292. The molecule has 0 amide bonds. The van der Waals surface area contributed by atoms with Crippen molar-refractivity contribution < 1.29 is 4.74 Å². The van der Waals surface area contributed by atoms with Gasteiger partial charge in [-0.2, -0.15) is 0 Å². The molecule has 2 nitrogen and oxygen atoms in total. The summed E-state index contributed by atoms with van der Waals surface area (Å²) in [6, 6.07) is 0. The third kappa shape index (κ3) is 3.52. The van der Waals surface area contributed by atoms with Crippen LogP contribution in [0.4, 0.5) is 0 Å². The van der Waals surface area contributed by atoms with E-state index >= 15 is 0 Å². The average Bonchev–Trinajstić information content (AvgIpc) is 2.98. The van der Waals surface area contributed by atoms with Crippen LogP contribution in [-0.2, 0) is 4.74 Å². The van der Waals surface area contributed by atoms with Crippen LogP contribution in [0.2, 0.25) is 0 Å². The smallest absolute Gasteiger partial charge is 0.0687 e. The van der Waals surface area contributed by atoms with Crippen LogP contribution >= 0.6 is 0 Å². The zero-order valence-electron chi connectivity index (χ0n) is 13.4. The number of hydrogen-bond donors (Lipinski definition) is 1. The molecule has 0 aromatic rings. The van der Waals surface area contributed by atoms with E-state index in [9.17, 15) is 0 Å². The molecule has 2 atom stereocenters. The Morgan fingerprint density at radius 2 is 1.95 bits per heavy atom. The highest BCUT2D eigenvalue weighted by Gasteiger charge is 2.44. The van der Waals surface area contributed by atoms with E-state index in [0.717, 1.165) is 13.1 Å². The standard InChI is InChI=1S/C17H33NO/c1-5-18-13-16(4,14(2)3)12-15-8-11-17(19-15)9-6-7-10-17/h14-15,18H,5-13H2,1-4H3. The maximum atomic E-state index is 6.51. The molecule has 1 saturated carbocycles. The lowest BCUT2D eigenvalue weighted by atomic mass is 9.74. The summed E-state index contributed by atoms with van der Waals surface area (Å²) in [5.41, 5.74) is 0.658. The van der Waals surface area contributed by atoms with Crippen molar-refractivity contribution in [2.45, 2.75) is 84.3 Å². The number of rotatable bonds is 6. The quantitative estimate of drug-likeness (QED) is 0.781. The predicted octanol–water partition coefficient (Wildman–Crippen LogP) is 4.14. The minimum Gasteiger partial charge on any atom is -0.372 e. The molecule has 1 saturated heterocycles. The fourth-order valence-corrected chi connectivity index (χ4v) is 3.87. The molecular weight excluding hydrogens is 234 g/mol. The second-order valence-electron chi connectivity index (χ2n) is 7.46. The lowest BCUT2D eigenvalue weighted by molar-refractivity contribution is -0.0565.